The molecule has 1 unspecified atom stereocenters. The smallest absolute Gasteiger partial charge is 0.227 e. The maximum Gasteiger partial charge on any atom is 0.227 e. The Bertz CT molecular complexity index is 1730. The molecule has 7 nitrogen and oxygen atoms in total. The van der Waals surface area contributed by atoms with Crippen molar-refractivity contribution in [2.24, 2.45) is 0 Å². The molecule has 0 radical (unpaired) electrons. The topological polar surface area (TPSA) is 60.4 Å². The highest BCUT2D eigenvalue weighted by molar-refractivity contribution is 6.31. The first-order valence-electron chi connectivity index (χ1n) is 15.8. The third-order valence-corrected chi connectivity index (χ3v) is 9.38. The second-order valence-corrected chi connectivity index (χ2v) is 12.8. The highest BCUT2D eigenvalue weighted by Crippen LogP contribution is 2.32. The summed E-state index contributed by atoms with van der Waals surface area (Å²) < 4.78 is 0. The van der Waals surface area contributed by atoms with Gasteiger partial charge in [-0.25, -0.2) is 4.98 Å². The highest BCUT2D eigenvalue weighted by Gasteiger charge is 2.21. The summed E-state index contributed by atoms with van der Waals surface area (Å²) in [4.78, 5) is 21.3. The molecule has 1 atom stereocenters. The Balaban J connectivity index is 1.03. The summed E-state index contributed by atoms with van der Waals surface area (Å²) in [5.74, 6) is 1.92. The molecular formula is C36H37Cl2N7. The lowest BCUT2D eigenvalue weighted by Gasteiger charge is -2.36. The number of fused-ring (bicyclic) bond motifs is 1. The zero-order valence-corrected chi connectivity index (χ0v) is 26.8. The van der Waals surface area contributed by atoms with Crippen molar-refractivity contribution in [3.63, 3.8) is 0 Å². The van der Waals surface area contributed by atoms with Gasteiger partial charge in [0.05, 0.1) is 11.6 Å². The minimum absolute atomic E-state index is 0.0659. The van der Waals surface area contributed by atoms with E-state index in [0.29, 0.717) is 5.02 Å². The summed E-state index contributed by atoms with van der Waals surface area (Å²) in [6.45, 7) is 6.96. The molecule has 7 rings (SSSR count). The van der Waals surface area contributed by atoms with E-state index < -0.39 is 0 Å². The molecule has 2 fully saturated rings. The molecule has 0 aliphatic carbocycles. The molecule has 4 heterocycles. The van der Waals surface area contributed by atoms with E-state index in [1.807, 2.05) is 48.8 Å². The van der Waals surface area contributed by atoms with Crippen LogP contribution in [0.15, 0.2) is 91.3 Å². The lowest BCUT2D eigenvalue weighted by molar-refractivity contribution is 0.249. The first kappa shape index (κ1) is 29.8. The van der Waals surface area contributed by atoms with Crippen LogP contribution in [0, 0.1) is 0 Å². The van der Waals surface area contributed by atoms with Gasteiger partial charge in [0.1, 0.15) is 5.82 Å². The van der Waals surface area contributed by atoms with Crippen molar-refractivity contribution in [1.29, 1.82) is 0 Å². The van der Waals surface area contributed by atoms with Gasteiger partial charge in [0.2, 0.25) is 5.95 Å². The number of nitrogens with one attached hydrogen (secondary N) is 1. The number of piperidine rings is 1. The lowest BCUT2D eigenvalue weighted by Crippen LogP contribution is -2.46. The van der Waals surface area contributed by atoms with Crippen LogP contribution in [-0.4, -0.2) is 59.1 Å². The Hall–Kier alpha value is -3.91. The Morgan fingerprint density at radius 3 is 2.11 bits per heavy atom. The highest BCUT2D eigenvalue weighted by atomic mass is 35.5. The monoisotopic (exact) mass is 637 g/mol. The summed E-state index contributed by atoms with van der Waals surface area (Å²) in [7, 11) is 0. The number of hydrogen-bond acceptors (Lipinski definition) is 7. The summed E-state index contributed by atoms with van der Waals surface area (Å²) in [6.07, 6.45) is 7.49. The number of pyridine rings is 1. The molecule has 2 aliphatic rings. The van der Waals surface area contributed by atoms with Gasteiger partial charge >= 0.3 is 0 Å². The van der Waals surface area contributed by atoms with E-state index >= 15 is 0 Å². The van der Waals surface area contributed by atoms with Gasteiger partial charge in [-0.3, -0.25) is 9.88 Å². The summed E-state index contributed by atoms with van der Waals surface area (Å²) in [5.41, 5.74) is 5.49. The number of hydrogen-bond donors (Lipinski definition) is 1. The van der Waals surface area contributed by atoms with E-state index in [1.54, 1.807) is 0 Å². The van der Waals surface area contributed by atoms with Crippen molar-refractivity contribution < 1.29 is 0 Å². The minimum atomic E-state index is -0.0659. The first-order valence-corrected chi connectivity index (χ1v) is 16.5. The number of rotatable bonds is 8. The fraction of sp³-hybridized carbons (Fsp3) is 0.306. The first-order chi connectivity index (χ1) is 22.1. The van der Waals surface area contributed by atoms with Crippen molar-refractivity contribution in [3.8, 4) is 0 Å². The average molecular weight is 639 g/mol. The van der Waals surface area contributed by atoms with E-state index in [0.717, 1.165) is 84.8 Å². The van der Waals surface area contributed by atoms with Gasteiger partial charge in [0, 0.05) is 79.3 Å². The van der Waals surface area contributed by atoms with Crippen LogP contribution in [-0.2, 0) is 6.54 Å². The van der Waals surface area contributed by atoms with Crippen LogP contribution in [0.4, 0.5) is 17.5 Å². The molecule has 1 N–H and O–H groups in total. The summed E-state index contributed by atoms with van der Waals surface area (Å²) >= 11 is 12.5. The number of benzene rings is 3. The number of anilines is 3. The van der Waals surface area contributed by atoms with Gasteiger partial charge in [0.25, 0.3) is 0 Å². The molecule has 0 saturated carbocycles. The van der Waals surface area contributed by atoms with Crippen LogP contribution in [0.25, 0.3) is 10.9 Å². The third kappa shape index (κ3) is 7.01. The second kappa shape index (κ2) is 13.6. The minimum Gasteiger partial charge on any atom is -0.374 e. The zero-order valence-electron chi connectivity index (χ0n) is 25.2. The fourth-order valence-electron chi connectivity index (χ4n) is 6.39. The van der Waals surface area contributed by atoms with Crippen molar-refractivity contribution in [2.45, 2.75) is 31.8 Å². The van der Waals surface area contributed by atoms with Crippen LogP contribution >= 0.6 is 23.2 Å². The fourth-order valence-corrected chi connectivity index (χ4v) is 6.68. The average Bonchev–Trinajstić information content (AvgIpc) is 3.09. The van der Waals surface area contributed by atoms with Crippen LogP contribution in [0.1, 0.15) is 42.0 Å². The van der Waals surface area contributed by atoms with Crippen molar-refractivity contribution in [3.05, 3.63) is 118 Å². The predicted molar refractivity (Wildman–Crippen MR) is 186 cm³/mol. The normalized spacial score (nSPS) is 16.6. The van der Waals surface area contributed by atoms with E-state index in [2.05, 4.69) is 72.4 Å². The van der Waals surface area contributed by atoms with Gasteiger partial charge < -0.3 is 15.1 Å². The molecule has 2 aliphatic heterocycles. The molecule has 0 spiro atoms. The molecule has 230 valence electrons. The standard InChI is InChI=1S/C36H37Cl2N7/c37-29-10-8-28(9-11-29)35(41-32-14-16-39-33-24-30(38)12-13-31(32)33)27-6-4-26(5-7-27)25-43-20-22-44(23-21-43)34-15-17-40-36(42-34)45-18-2-1-3-19-45/h4-17,24,35H,1-3,18-23,25H2,(H,39,41). The Kier molecular flexibility index (Phi) is 9.01. The van der Waals surface area contributed by atoms with Crippen LogP contribution in [0.5, 0.6) is 0 Å². The molecule has 0 bridgehead atoms. The maximum absolute atomic E-state index is 6.25. The molecular weight excluding hydrogens is 601 g/mol. The molecule has 3 aromatic carbocycles. The van der Waals surface area contributed by atoms with E-state index in [1.165, 1.54) is 30.4 Å². The lowest BCUT2D eigenvalue weighted by atomic mass is 9.97. The predicted octanol–water partition coefficient (Wildman–Crippen LogP) is 7.85. The largest absolute Gasteiger partial charge is 0.374 e. The van der Waals surface area contributed by atoms with Crippen LogP contribution < -0.4 is 15.1 Å². The molecule has 2 aromatic heterocycles. The van der Waals surface area contributed by atoms with E-state index in [9.17, 15) is 0 Å². The van der Waals surface area contributed by atoms with Gasteiger partial charge in [0.15, 0.2) is 0 Å². The molecule has 5 aromatic rings. The van der Waals surface area contributed by atoms with Gasteiger partial charge in [-0.15, -0.1) is 0 Å². The van der Waals surface area contributed by atoms with Gasteiger partial charge in [-0.05, 0) is 78.4 Å². The maximum atomic E-state index is 6.25. The molecule has 9 heteroatoms. The molecule has 2 saturated heterocycles. The van der Waals surface area contributed by atoms with Crippen LogP contribution in [0.2, 0.25) is 10.0 Å². The quantitative estimate of drug-likeness (QED) is 0.186. The Labute approximate surface area is 274 Å². The molecule has 0 amide bonds. The number of piperazine rings is 1. The van der Waals surface area contributed by atoms with Crippen molar-refractivity contribution >= 4 is 51.6 Å². The zero-order chi connectivity index (χ0) is 30.6. The Morgan fingerprint density at radius 2 is 1.36 bits per heavy atom. The van der Waals surface area contributed by atoms with Crippen molar-refractivity contribution in [2.75, 3.05) is 54.4 Å². The number of nitrogens with zero attached hydrogens (tertiary/aromatic N) is 6. The summed E-state index contributed by atoms with van der Waals surface area (Å²) in [6, 6.07) is 26.9. The number of aromatic nitrogens is 3. The van der Waals surface area contributed by atoms with Gasteiger partial charge in [-0.1, -0.05) is 59.6 Å². The SMILES string of the molecule is Clc1ccc(C(Nc2ccnc3cc(Cl)ccc23)c2ccc(CN3CCN(c4ccnc(N5CCCCC5)n4)CC3)cc2)cc1. The van der Waals surface area contributed by atoms with Crippen LogP contribution in [0.3, 0.4) is 0 Å². The van der Waals surface area contributed by atoms with Crippen molar-refractivity contribution in [1.82, 2.24) is 19.9 Å². The molecule has 45 heavy (non-hydrogen) atoms. The van der Waals surface area contributed by atoms with E-state index in [4.69, 9.17) is 28.2 Å². The number of halogens is 2. The summed E-state index contributed by atoms with van der Waals surface area (Å²) in [5, 5.41) is 6.21. The van der Waals surface area contributed by atoms with E-state index in [-0.39, 0.29) is 6.04 Å². The third-order valence-electron chi connectivity index (χ3n) is 8.89. The van der Waals surface area contributed by atoms with Gasteiger partial charge in [-0.2, -0.15) is 4.98 Å². The Morgan fingerprint density at radius 1 is 0.667 bits per heavy atom. The second-order valence-electron chi connectivity index (χ2n) is 11.9.